The van der Waals surface area contributed by atoms with Crippen LogP contribution in [0.1, 0.15) is 16.8 Å². The Kier molecular flexibility index (Phi) is 3.76. The maximum Gasteiger partial charge on any atom is 0.0795 e. The summed E-state index contributed by atoms with van der Waals surface area (Å²) >= 11 is 1.60. The van der Waals surface area contributed by atoms with Crippen LogP contribution in [0.25, 0.3) is 0 Å². The third kappa shape index (κ3) is 2.84. The molecule has 0 unspecified atom stereocenters. The van der Waals surface area contributed by atoms with Crippen LogP contribution in [0.4, 0.5) is 5.69 Å². The van der Waals surface area contributed by atoms with Crippen molar-refractivity contribution in [1.82, 2.24) is 4.98 Å². The van der Waals surface area contributed by atoms with Gasteiger partial charge < -0.3 is 10.0 Å². The van der Waals surface area contributed by atoms with E-state index in [0.29, 0.717) is 0 Å². The highest BCUT2D eigenvalue weighted by atomic mass is 32.1. The van der Waals surface area contributed by atoms with Crippen molar-refractivity contribution >= 4 is 17.0 Å². The van der Waals surface area contributed by atoms with Crippen LogP contribution in [0.5, 0.6) is 0 Å². The summed E-state index contributed by atoms with van der Waals surface area (Å²) in [6, 6.07) is 6.13. The lowest BCUT2D eigenvalue weighted by atomic mass is 10.1. The summed E-state index contributed by atoms with van der Waals surface area (Å²) < 4.78 is 0. The third-order valence-electron chi connectivity index (χ3n) is 2.70. The molecule has 2 rings (SSSR count). The van der Waals surface area contributed by atoms with Crippen molar-refractivity contribution in [2.75, 3.05) is 11.9 Å². The number of aliphatic hydroxyl groups is 1. The van der Waals surface area contributed by atoms with Gasteiger partial charge in [-0.25, -0.2) is 4.98 Å². The summed E-state index contributed by atoms with van der Waals surface area (Å²) in [5, 5.41) is 11.4. The van der Waals surface area contributed by atoms with Crippen molar-refractivity contribution < 1.29 is 5.11 Å². The SMILES string of the molecule is Cc1ccc(N(C)Cc2cscn2)c(CO)c1. The normalized spacial score (nSPS) is 10.5. The van der Waals surface area contributed by atoms with Crippen LogP contribution in [-0.4, -0.2) is 17.1 Å². The lowest BCUT2D eigenvalue weighted by Crippen LogP contribution is -2.18. The highest BCUT2D eigenvalue weighted by molar-refractivity contribution is 7.07. The summed E-state index contributed by atoms with van der Waals surface area (Å²) in [6.07, 6.45) is 0. The first-order valence-electron chi connectivity index (χ1n) is 5.49. The van der Waals surface area contributed by atoms with Gasteiger partial charge >= 0.3 is 0 Å². The molecule has 0 aliphatic heterocycles. The predicted molar refractivity (Wildman–Crippen MR) is 71.3 cm³/mol. The van der Waals surface area contributed by atoms with Gasteiger partial charge in [0.25, 0.3) is 0 Å². The van der Waals surface area contributed by atoms with Gasteiger partial charge in [0.15, 0.2) is 0 Å². The second-order valence-corrected chi connectivity index (χ2v) is 4.84. The van der Waals surface area contributed by atoms with E-state index in [1.807, 2.05) is 37.0 Å². The van der Waals surface area contributed by atoms with Crippen molar-refractivity contribution in [2.45, 2.75) is 20.1 Å². The van der Waals surface area contributed by atoms with Gasteiger partial charge in [-0.2, -0.15) is 0 Å². The first-order chi connectivity index (χ1) is 8.20. The van der Waals surface area contributed by atoms with Gasteiger partial charge in [0, 0.05) is 23.7 Å². The summed E-state index contributed by atoms with van der Waals surface area (Å²) in [7, 11) is 2.02. The van der Waals surface area contributed by atoms with Crippen LogP contribution in [0.15, 0.2) is 29.1 Å². The summed E-state index contributed by atoms with van der Waals surface area (Å²) in [5.74, 6) is 0. The fourth-order valence-electron chi connectivity index (χ4n) is 1.86. The first kappa shape index (κ1) is 12.1. The predicted octanol–water partition coefficient (Wildman–Crippen LogP) is 2.58. The molecule has 0 fully saturated rings. The molecule has 90 valence electrons. The van der Waals surface area contributed by atoms with Gasteiger partial charge in [-0.1, -0.05) is 17.7 Å². The Hall–Kier alpha value is -1.39. The molecule has 0 spiro atoms. The zero-order valence-corrected chi connectivity index (χ0v) is 10.9. The Morgan fingerprint density at radius 1 is 1.41 bits per heavy atom. The highest BCUT2D eigenvalue weighted by Crippen LogP contribution is 2.22. The molecule has 0 amide bonds. The minimum Gasteiger partial charge on any atom is -0.392 e. The molecule has 17 heavy (non-hydrogen) atoms. The van der Waals surface area contributed by atoms with E-state index in [1.165, 1.54) is 5.56 Å². The lowest BCUT2D eigenvalue weighted by molar-refractivity contribution is 0.282. The minimum atomic E-state index is 0.0679. The van der Waals surface area contributed by atoms with E-state index in [9.17, 15) is 5.11 Å². The monoisotopic (exact) mass is 248 g/mol. The smallest absolute Gasteiger partial charge is 0.0795 e. The molecule has 1 N–H and O–H groups in total. The summed E-state index contributed by atoms with van der Waals surface area (Å²) in [6.45, 7) is 2.86. The number of aryl methyl sites for hydroxylation is 1. The number of benzene rings is 1. The molecule has 1 aromatic carbocycles. The number of rotatable bonds is 4. The van der Waals surface area contributed by atoms with Gasteiger partial charge in [0.2, 0.25) is 0 Å². The molecule has 0 saturated carbocycles. The zero-order valence-electron chi connectivity index (χ0n) is 10.1. The quantitative estimate of drug-likeness (QED) is 0.903. The van der Waals surface area contributed by atoms with Crippen LogP contribution >= 0.6 is 11.3 Å². The standard InChI is InChI=1S/C13H16N2OS/c1-10-3-4-13(11(5-10)7-16)15(2)6-12-8-17-9-14-12/h3-5,8-9,16H,6-7H2,1-2H3. The maximum absolute atomic E-state index is 9.38. The number of aromatic nitrogens is 1. The molecule has 1 heterocycles. The second-order valence-electron chi connectivity index (χ2n) is 4.13. The van der Waals surface area contributed by atoms with E-state index < -0.39 is 0 Å². The molecule has 0 aliphatic carbocycles. The Balaban J connectivity index is 2.21. The molecular formula is C13H16N2OS. The van der Waals surface area contributed by atoms with E-state index in [0.717, 1.165) is 23.5 Å². The van der Waals surface area contributed by atoms with E-state index in [1.54, 1.807) is 11.3 Å². The molecule has 0 radical (unpaired) electrons. The molecule has 0 bridgehead atoms. The Labute approximate surface area is 105 Å². The number of nitrogens with zero attached hydrogens (tertiary/aromatic N) is 2. The number of hydrogen-bond acceptors (Lipinski definition) is 4. The van der Waals surface area contributed by atoms with Crippen LogP contribution in [0, 0.1) is 6.92 Å². The van der Waals surface area contributed by atoms with Crippen molar-refractivity contribution in [1.29, 1.82) is 0 Å². The summed E-state index contributed by atoms with van der Waals surface area (Å²) in [5.41, 5.74) is 6.08. The van der Waals surface area contributed by atoms with E-state index in [-0.39, 0.29) is 6.61 Å². The molecule has 3 nitrogen and oxygen atoms in total. The molecule has 2 aromatic rings. The molecular weight excluding hydrogens is 232 g/mol. The zero-order chi connectivity index (χ0) is 12.3. The lowest BCUT2D eigenvalue weighted by Gasteiger charge is -2.21. The van der Waals surface area contributed by atoms with Crippen molar-refractivity contribution in [2.24, 2.45) is 0 Å². The van der Waals surface area contributed by atoms with E-state index in [2.05, 4.69) is 16.0 Å². The second kappa shape index (κ2) is 5.29. The Morgan fingerprint density at radius 3 is 2.88 bits per heavy atom. The Morgan fingerprint density at radius 2 is 2.24 bits per heavy atom. The topological polar surface area (TPSA) is 36.4 Å². The molecule has 0 aliphatic rings. The largest absolute Gasteiger partial charge is 0.392 e. The van der Waals surface area contributed by atoms with Gasteiger partial charge in [-0.3, -0.25) is 0 Å². The Bertz CT molecular complexity index is 482. The van der Waals surface area contributed by atoms with Crippen LogP contribution in [0.2, 0.25) is 0 Å². The fourth-order valence-corrected chi connectivity index (χ4v) is 2.41. The number of anilines is 1. The fraction of sp³-hybridized carbons (Fsp3) is 0.308. The van der Waals surface area contributed by atoms with Crippen molar-refractivity contribution in [3.63, 3.8) is 0 Å². The first-order valence-corrected chi connectivity index (χ1v) is 6.43. The van der Waals surface area contributed by atoms with Gasteiger partial charge in [-0.05, 0) is 13.0 Å². The molecule has 1 aromatic heterocycles. The molecule has 4 heteroatoms. The highest BCUT2D eigenvalue weighted by Gasteiger charge is 2.08. The van der Waals surface area contributed by atoms with E-state index in [4.69, 9.17) is 0 Å². The number of hydrogen-bond donors (Lipinski definition) is 1. The molecule has 0 atom stereocenters. The number of thiazole rings is 1. The minimum absolute atomic E-state index is 0.0679. The average Bonchev–Trinajstić information content (AvgIpc) is 2.81. The van der Waals surface area contributed by atoms with Gasteiger partial charge in [0.05, 0.1) is 24.4 Å². The van der Waals surface area contributed by atoms with Gasteiger partial charge in [0.1, 0.15) is 0 Å². The van der Waals surface area contributed by atoms with Crippen molar-refractivity contribution in [3.8, 4) is 0 Å². The van der Waals surface area contributed by atoms with Gasteiger partial charge in [-0.15, -0.1) is 11.3 Å². The molecule has 0 saturated heterocycles. The average molecular weight is 248 g/mol. The third-order valence-corrected chi connectivity index (χ3v) is 3.33. The van der Waals surface area contributed by atoms with Crippen LogP contribution in [-0.2, 0) is 13.2 Å². The van der Waals surface area contributed by atoms with Crippen molar-refractivity contribution in [3.05, 3.63) is 45.9 Å². The van der Waals surface area contributed by atoms with E-state index >= 15 is 0 Å². The van der Waals surface area contributed by atoms with Crippen LogP contribution in [0.3, 0.4) is 0 Å². The summed E-state index contributed by atoms with van der Waals surface area (Å²) in [4.78, 5) is 6.38. The van der Waals surface area contributed by atoms with Crippen LogP contribution < -0.4 is 4.90 Å². The number of aliphatic hydroxyl groups excluding tert-OH is 1. The maximum atomic E-state index is 9.38.